The molecule has 1 atom stereocenters. The Kier molecular flexibility index (Phi) is 3.53. The summed E-state index contributed by atoms with van der Waals surface area (Å²) in [6.07, 6.45) is 3.19. The first-order valence-electron chi connectivity index (χ1n) is 6.33. The summed E-state index contributed by atoms with van der Waals surface area (Å²) in [7, 11) is 0. The molecule has 17 heavy (non-hydrogen) atoms. The van der Waals surface area contributed by atoms with E-state index in [0.717, 1.165) is 29.7 Å². The average molecular weight is 232 g/mol. The largest absolute Gasteiger partial charge is 0.461 e. The number of ether oxygens (including phenoxy) is 1. The van der Waals surface area contributed by atoms with Crippen LogP contribution in [0.2, 0.25) is 0 Å². The summed E-state index contributed by atoms with van der Waals surface area (Å²) in [4.78, 5) is 0. The summed E-state index contributed by atoms with van der Waals surface area (Å²) in [5.74, 6) is 1.38. The van der Waals surface area contributed by atoms with E-state index in [1.165, 1.54) is 5.56 Å². The minimum Gasteiger partial charge on any atom is -0.461 e. The maximum atomic E-state index is 9.57. The van der Waals surface area contributed by atoms with Gasteiger partial charge in [0.15, 0.2) is 0 Å². The molecule has 1 aromatic rings. The van der Waals surface area contributed by atoms with E-state index in [1.807, 2.05) is 6.92 Å². The van der Waals surface area contributed by atoms with Crippen molar-refractivity contribution in [2.24, 2.45) is 0 Å². The highest BCUT2D eigenvalue weighted by molar-refractivity contribution is 5.71. The van der Waals surface area contributed by atoms with Crippen molar-refractivity contribution >= 4 is 5.57 Å². The first-order valence-corrected chi connectivity index (χ1v) is 6.33. The molecule has 0 aromatic heterocycles. The molecule has 1 N–H and O–H groups in total. The lowest BCUT2D eigenvalue weighted by atomic mass is 9.91. The van der Waals surface area contributed by atoms with Gasteiger partial charge in [-0.25, -0.2) is 0 Å². The lowest BCUT2D eigenvalue weighted by Gasteiger charge is -2.22. The van der Waals surface area contributed by atoms with Crippen LogP contribution in [0.1, 0.15) is 50.7 Å². The first-order chi connectivity index (χ1) is 8.15. The predicted molar refractivity (Wildman–Crippen MR) is 70.1 cm³/mol. The van der Waals surface area contributed by atoms with Gasteiger partial charge in [-0.15, -0.1) is 0 Å². The number of aliphatic hydroxyl groups excluding tert-OH is 1. The molecule has 0 bridgehead atoms. The van der Waals surface area contributed by atoms with Crippen LogP contribution in [0.5, 0.6) is 5.75 Å². The van der Waals surface area contributed by atoms with E-state index in [9.17, 15) is 5.11 Å². The molecule has 0 saturated heterocycles. The van der Waals surface area contributed by atoms with E-state index < -0.39 is 6.29 Å². The Bertz CT molecular complexity index is 431. The lowest BCUT2D eigenvalue weighted by molar-refractivity contribution is 0.0224. The fourth-order valence-electron chi connectivity index (χ4n) is 2.44. The monoisotopic (exact) mass is 232 g/mol. The summed E-state index contributed by atoms with van der Waals surface area (Å²) in [6, 6.07) is 6.35. The second-order valence-electron chi connectivity index (χ2n) is 4.63. The van der Waals surface area contributed by atoms with Gasteiger partial charge in [-0.1, -0.05) is 26.0 Å². The van der Waals surface area contributed by atoms with Crippen LogP contribution in [0, 0.1) is 0 Å². The molecule has 0 radical (unpaired) electrons. The predicted octanol–water partition coefficient (Wildman–Crippen LogP) is 3.70. The van der Waals surface area contributed by atoms with Crippen LogP contribution >= 0.6 is 0 Å². The molecule has 1 unspecified atom stereocenters. The molecule has 0 fully saturated rings. The Morgan fingerprint density at radius 2 is 2.00 bits per heavy atom. The van der Waals surface area contributed by atoms with Crippen molar-refractivity contribution in [3.05, 3.63) is 35.4 Å². The molecule has 0 spiro atoms. The Labute approximate surface area is 103 Å². The summed E-state index contributed by atoms with van der Waals surface area (Å²) in [6.45, 7) is 6.41. The number of aliphatic hydroxyl groups is 1. The molecule has 0 saturated carbocycles. The zero-order valence-electron chi connectivity index (χ0n) is 10.7. The standard InChI is InChI=1S/C15H20O2/c1-4-11(5-2)12-6-7-13-10(3)8-15(16)17-14(13)9-12/h6-9,11,15-16H,4-5H2,1-3H3. The van der Waals surface area contributed by atoms with Crippen LogP contribution in [-0.4, -0.2) is 11.4 Å². The summed E-state index contributed by atoms with van der Waals surface area (Å²) >= 11 is 0. The van der Waals surface area contributed by atoms with Crippen LogP contribution in [0.4, 0.5) is 0 Å². The Morgan fingerprint density at radius 3 is 2.65 bits per heavy atom. The molecule has 0 aliphatic carbocycles. The van der Waals surface area contributed by atoms with Crippen molar-refractivity contribution in [1.29, 1.82) is 0 Å². The number of benzene rings is 1. The number of allylic oxidation sites excluding steroid dienone is 1. The second kappa shape index (κ2) is 4.92. The highest BCUT2D eigenvalue weighted by Gasteiger charge is 2.18. The van der Waals surface area contributed by atoms with Crippen LogP contribution < -0.4 is 4.74 Å². The molecule has 1 aliphatic rings. The maximum absolute atomic E-state index is 9.57. The fourth-order valence-corrected chi connectivity index (χ4v) is 2.44. The van der Waals surface area contributed by atoms with Gasteiger partial charge in [0.05, 0.1) is 0 Å². The molecule has 2 rings (SSSR count). The van der Waals surface area contributed by atoms with Crippen molar-refractivity contribution in [1.82, 2.24) is 0 Å². The first kappa shape index (κ1) is 12.2. The maximum Gasteiger partial charge on any atom is 0.217 e. The Hall–Kier alpha value is -1.28. The topological polar surface area (TPSA) is 29.5 Å². The van der Waals surface area contributed by atoms with Crippen LogP contribution in [0.15, 0.2) is 24.3 Å². The molecule has 0 amide bonds. The Balaban J connectivity index is 2.38. The molecule has 1 aromatic carbocycles. The van der Waals surface area contributed by atoms with Crippen molar-refractivity contribution in [2.75, 3.05) is 0 Å². The molecule has 1 aliphatic heterocycles. The molecule has 92 valence electrons. The van der Waals surface area contributed by atoms with Gasteiger partial charge in [-0.2, -0.15) is 0 Å². The van der Waals surface area contributed by atoms with Crippen molar-refractivity contribution < 1.29 is 9.84 Å². The number of fused-ring (bicyclic) bond motifs is 1. The minimum absolute atomic E-state index is 0.576. The van der Waals surface area contributed by atoms with Crippen LogP contribution in [0.25, 0.3) is 5.57 Å². The zero-order valence-corrected chi connectivity index (χ0v) is 10.7. The van der Waals surface area contributed by atoms with Gasteiger partial charge in [0.25, 0.3) is 0 Å². The van der Waals surface area contributed by atoms with E-state index in [2.05, 4.69) is 32.0 Å². The van der Waals surface area contributed by atoms with Gasteiger partial charge in [-0.05, 0) is 49.0 Å². The summed E-state index contributed by atoms with van der Waals surface area (Å²) in [5, 5.41) is 9.57. The third kappa shape index (κ3) is 2.37. The lowest BCUT2D eigenvalue weighted by Crippen LogP contribution is -2.17. The molecular weight excluding hydrogens is 212 g/mol. The molecule has 2 heteroatoms. The van der Waals surface area contributed by atoms with Gasteiger partial charge in [-0.3, -0.25) is 0 Å². The average Bonchev–Trinajstić information content (AvgIpc) is 2.30. The third-order valence-corrected chi connectivity index (χ3v) is 3.53. The van der Waals surface area contributed by atoms with Gasteiger partial charge in [0.1, 0.15) is 5.75 Å². The number of rotatable bonds is 3. The van der Waals surface area contributed by atoms with Crippen molar-refractivity contribution in [3.63, 3.8) is 0 Å². The van der Waals surface area contributed by atoms with Gasteiger partial charge in [0.2, 0.25) is 6.29 Å². The van der Waals surface area contributed by atoms with Crippen molar-refractivity contribution in [3.8, 4) is 5.75 Å². The van der Waals surface area contributed by atoms with Crippen LogP contribution in [-0.2, 0) is 0 Å². The SMILES string of the molecule is CCC(CC)c1ccc2c(c1)OC(O)C=C2C. The molecule has 2 nitrogen and oxygen atoms in total. The molecular formula is C15H20O2. The van der Waals surface area contributed by atoms with Crippen molar-refractivity contribution in [2.45, 2.75) is 45.8 Å². The van der Waals surface area contributed by atoms with Gasteiger partial charge >= 0.3 is 0 Å². The highest BCUT2D eigenvalue weighted by atomic mass is 16.6. The van der Waals surface area contributed by atoms with E-state index >= 15 is 0 Å². The fraction of sp³-hybridized carbons (Fsp3) is 0.467. The summed E-state index contributed by atoms with van der Waals surface area (Å²) < 4.78 is 5.46. The highest BCUT2D eigenvalue weighted by Crippen LogP contribution is 2.35. The zero-order chi connectivity index (χ0) is 12.4. The summed E-state index contributed by atoms with van der Waals surface area (Å²) in [5.41, 5.74) is 3.47. The van der Waals surface area contributed by atoms with E-state index in [-0.39, 0.29) is 0 Å². The van der Waals surface area contributed by atoms with Gasteiger partial charge < -0.3 is 9.84 Å². The number of hydrogen-bond acceptors (Lipinski definition) is 2. The van der Waals surface area contributed by atoms with Gasteiger partial charge in [0, 0.05) is 5.56 Å². The van der Waals surface area contributed by atoms with E-state index in [4.69, 9.17) is 4.74 Å². The number of hydrogen-bond donors (Lipinski definition) is 1. The second-order valence-corrected chi connectivity index (χ2v) is 4.63. The van der Waals surface area contributed by atoms with Crippen LogP contribution in [0.3, 0.4) is 0 Å². The quantitative estimate of drug-likeness (QED) is 0.861. The molecule has 1 heterocycles. The van der Waals surface area contributed by atoms with E-state index in [1.54, 1.807) is 6.08 Å². The normalized spacial score (nSPS) is 18.6. The third-order valence-electron chi connectivity index (χ3n) is 3.53. The van der Waals surface area contributed by atoms with E-state index in [0.29, 0.717) is 5.92 Å². The Morgan fingerprint density at radius 1 is 1.29 bits per heavy atom. The smallest absolute Gasteiger partial charge is 0.217 e. The minimum atomic E-state index is -0.806.